The largest absolute Gasteiger partial charge is 0.271 e. The lowest BCUT2D eigenvalue weighted by molar-refractivity contribution is 0.378. The van der Waals surface area contributed by atoms with Crippen molar-refractivity contribution in [2.24, 2.45) is 11.8 Å². The van der Waals surface area contributed by atoms with Crippen LogP contribution in [-0.4, -0.2) is 0 Å². The minimum absolute atomic E-state index is 0.340. The molecule has 78 valence electrons. The van der Waals surface area contributed by atoms with Crippen LogP contribution in [0.15, 0.2) is 15.9 Å². The molecule has 0 bridgehead atoms. The van der Waals surface area contributed by atoms with Gasteiger partial charge in [-0.1, -0.05) is 12.8 Å². The van der Waals surface area contributed by atoms with E-state index in [0.717, 1.165) is 5.92 Å². The maximum absolute atomic E-state index is 5.65. The lowest BCUT2D eigenvalue weighted by atomic mass is 9.97. The Kier molecular flexibility index (Phi) is 3.60. The zero-order chi connectivity index (χ0) is 9.97. The summed E-state index contributed by atoms with van der Waals surface area (Å²) in [7, 11) is 0. The number of hydrogen-bond donors (Lipinski definition) is 2. The smallest absolute Gasteiger partial charge is 0.0592 e. The van der Waals surface area contributed by atoms with Crippen molar-refractivity contribution in [3.05, 3.63) is 20.8 Å². The maximum atomic E-state index is 5.65. The van der Waals surface area contributed by atoms with Gasteiger partial charge in [0, 0.05) is 9.35 Å². The van der Waals surface area contributed by atoms with Gasteiger partial charge in [-0.2, -0.15) is 0 Å². The molecular weight excluding hydrogens is 260 g/mol. The molecule has 0 aromatic carbocycles. The molecular formula is C10H15BrN2S. The molecule has 0 saturated heterocycles. The Bertz CT molecular complexity index is 294. The molecule has 1 atom stereocenters. The number of nitrogens with one attached hydrogen (secondary N) is 1. The summed E-state index contributed by atoms with van der Waals surface area (Å²) in [6.07, 6.45) is 5.32. The molecule has 1 aliphatic carbocycles. The molecule has 14 heavy (non-hydrogen) atoms. The number of hydrogen-bond acceptors (Lipinski definition) is 3. The second-order valence-electron chi connectivity index (χ2n) is 3.82. The Balaban J connectivity index is 2.16. The first kappa shape index (κ1) is 10.6. The fraction of sp³-hybridized carbons (Fsp3) is 0.600. The van der Waals surface area contributed by atoms with Gasteiger partial charge in [0.15, 0.2) is 0 Å². The van der Waals surface area contributed by atoms with Gasteiger partial charge in [0.05, 0.1) is 6.04 Å². The molecule has 1 saturated carbocycles. The fourth-order valence-electron chi connectivity index (χ4n) is 2.24. The number of thiophene rings is 1. The molecule has 2 nitrogen and oxygen atoms in total. The lowest BCUT2D eigenvalue weighted by Crippen LogP contribution is -2.32. The van der Waals surface area contributed by atoms with Crippen molar-refractivity contribution in [2.45, 2.75) is 31.7 Å². The van der Waals surface area contributed by atoms with E-state index in [1.54, 1.807) is 11.3 Å². The fourth-order valence-corrected chi connectivity index (χ4v) is 4.02. The van der Waals surface area contributed by atoms with Gasteiger partial charge in [0.25, 0.3) is 0 Å². The number of nitrogens with two attached hydrogens (primary N) is 1. The molecule has 1 aromatic rings. The van der Waals surface area contributed by atoms with Crippen LogP contribution in [0.5, 0.6) is 0 Å². The van der Waals surface area contributed by atoms with Crippen molar-refractivity contribution in [1.29, 1.82) is 0 Å². The van der Waals surface area contributed by atoms with E-state index >= 15 is 0 Å². The second-order valence-corrected chi connectivity index (χ2v) is 5.62. The summed E-state index contributed by atoms with van der Waals surface area (Å²) in [5, 5.41) is 2.11. The molecule has 3 N–H and O–H groups in total. The highest BCUT2D eigenvalue weighted by Crippen LogP contribution is 2.39. The Morgan fingerprint density at radius 2 is 2.21 bits per heavy atom. The zero-order valence-corrected chi connectivity index (χ0v) is 10.4. The van der Waals surface area contributed by atoms with Gasteiger partial charge in [-0.05, 0) is 46.1 Å². The topological polar surface area (TPSA) is 38.0 Å². The van der Waals surface area contributed by atoms with Crippen LogP contribution in [0.4, 0.5) is 0 Å². The molecule has 2 rings (SSSR count). The average Bonchev–Trinajstić information content (AvgIpc) is 2.80. The van der Waals surface area contributed by atoms with Gasteiger partial charge >= 0.3 is 0 Å². The maximum Gasteiger partial charge on any atom is 0.0592 e. The summed E-state index contributed by atoms with van der Waals surface area (Å²) < 4.78 is 1.19. The molecule has 1 unspecified atom stereocenters. The van der Waals surface area contributed by atoms with Crippen LogP contribution in [0, 0.1) is 5.92 Å². The summed E-state index contributed by atoms with van der Waals surface area (Å²) >= 11 is 5.35. The van der Waals surface area contributed by atoms with E-state index in [2.05, 4.69) is 32.8 Å². The van der Waals surface area contributed by atoms with E-state index in [-0.39, 0.29) is 0 Å². The average molecular weight is 275 g/mol. The molecule has 1 aromatic heterocycles. The van der Waals surface area contributed by atoms with Crippen LogP contribution in [0.3, 0.4) is 0 Å². The molecule has 0 radical (unpaired) electrons. The van der Waals surface area contributed by atoms with Crippen LogP contribution in [0.2, 0.25) is 0 Å². The number of rotatable bonds is 3. The van der Waals surface area contributed by atoms with Crippen molar-refractivity contribution in [2.75, 3.05) is 0 Å². The highest BCUT2D eigenvalue weighted by Gasteiger charge is 2.27. The first-order valence-corrected chi connectivity index (χ1v) is 6.69. The summed E-state index contributed by atoms with van der Waals surface area (Å²) in [6.45, 7) is 0. The number of halogens is 1. The van der Waals surface area contributed by atoms with E-state index in [9.17, 15) is 0 Å². The van der Waals surface area contributed by atoms with Crippen molar-refractivity contribution in [3.63, 3.8) is 0 Å². The minimum Gasteiger partial charge on any atom is -0.271 e. The van der Waals surface area contributed by atoms with Crippen LogP contribution in [0.1, 0.15) is 36.6 Å². The van der Waals surface area contributed by atoms with Crippen LogP contribution in [0.25, 0.3) is 0 Å². The third-order valence-electron chi connectivity index (χ3n) is 2.98. The van der Waals surface area contributed by atoms with Crippen molar-refractivity contribution in [1.82, 2.24) is 5.43 Å². The van der Waals surface area contributed by atoms with Gasteiger partial charge in [0.2, 0.25) is 0 Å². The highest BCUT2D eigenvalue weighted by molar-refractivity contribution is 9.10. The van der Waals surface area contributed by atoms with E-state index in [1.807, 2.05) is 0 Å². The van der Waals surface area contributed by atoms with Gasteiger partial charge in [-0.15, -0.1) is 11.3 Å². The summed E-state index contributed by atoms with van der Waals surface area (Å²) in [4.78, 5) is 1.35. The summed E-state index contributed by atoms with van der Waals surface area (Å²) in [6, 6.07) is 2.44. The summed E-state index contributed by atoms with van der Waals surface area (Å²) in [5.74, 6) is 6.37. The Morgan fingerprint density at radius 1 is 1.50 bits per heavy atom. The van der Waals surface area contributed by atoms with Gasteiger partial charge in [-0.25, -0.2) is 0 Å². The van der Waals surface area contributed by atoms with Gasteiger partial charge < -0.3 is 0 Å². The standard InChI is InChI=1S/C10H15BrN2S/c11-8-5-6-14-10(8)9(13-12)7-3-1-2-4-7/h5-7,9,13H,1-4,12H2. The van der Waals surface area contributed by atoms with E-state index in [1.165, 1.54) is 35.0 Å². The van der Waals surface area contributed by atoms with Crippen molar-refractivity contribution < 1.29 is 0 Å². The normalized spacial score (nSPS) is 20.1. The minimum atomic E-state index is 0.340. The van der Waals surface area contributed by atoms with Gasteiger partial charge in [-0.3, -0.25) is 11.3 Å². The Labute approximate surface area is 97.0 Å². The molecule has 0 amide bonds. The van der Waals surface area contributed by atoms with E-state index < -0.39 is 0 Å². The first-order valence-electron chi connectivity index (χ1n) is 5.02. The van der Waals surface area contributed by atoms with Crippen LogP contribution in [-0.2, 0) is 0 Å². The molecule has 0 spiro atoms. The Morgan fingerprint density at radius 3 is 2.71 bits per heavy atom. The molecule has 1 fully saturated rings. The monoisotopic (exact) mass is 274 g/mol. The highest BCUT2D eigenvalue weighted by atomic mass is 79.9. The van der Waals surface area contributed by atoms with Crippen molar-refractivity contribution in [3.8, 4) is 0 Å². The summed E-state index contributed by atoms with van der Waals surface area (Å²) in [5.41, 5.74) is 2.97. The van der Waals surface area contributed by atoms with Crippen molar-refractivity contribution >= 4 is 27.3 Å². The Hall–Kier alpha value is 0.100. The molecule has 4 heteroatoms. The lowest BCUT2D eigenvalue weighted by Gasteiger charge is -2.21. The predicted octanol–water partition coefficient (Wildman–Crippen LogP) is 3.21. The first-order chi connectivity index (χ1) is 6.83. The SMILES string of the molecule is NNC(c1sccc1Br)C1CCCC1. The van der Waals surface area contributed by atoms with Crippen LogP contribution >= 0.6 is 27.3 Å². The van der Waals surface area contributed by atoms with E-state index in [4.69, 9.17) is 5.84 Å². The van der Waals surface area contributed by atoms with Gasteiger partial charge in [0.1, 0.15) is 0 Å². The quantitative estimate of drug-likeness (QED) is 0.656. The zero-order valence-electron chi connectivity index (χ0n) is 8.00. The van der Waals surface area contributed by atoms with E-state index in [0.29, 0.717) is 6.04 Å². The predicted molar refractivity (Wildman–Crippen MR) is 64.0 cm³/mol. The molecule has 1 aliphatic rings. The number of hydrazine groups is 1. The third kappa shape index (κ3) is 2.03. The second kappa shape index (κ2) is 4.75. The molecule has 1 heterocycles. The van der Waals surface area contributed by atoms with Crippen LogP contribution < -0.4 is 11.3 Å². The third-order valence-corrected chi connectivity index (χ3v) is 4.93. The molecule has 0 aliphatic heterocycles.